The van der Waals surface area contributed by atoms with Gasteiger partial charge in [0.25, 0.3) is 6.02 Å². The summed E-state index contributed by atoms with van der Waals surface area (Å²) < 4.78 is 44.8. The molecule has 2 N–H and O–H groups in total. The lowest BCUT2D eigenvalue weighted by molar-refractivity contribution is -0.0588. The highest BCUT2D eigenvalue weighted by atomic mass is 16.5. The normalized spacial score (nSPS) is 37.2. The van der Waals surface area contributed by atoms with E-state index in [1.807, 2.05) is 31.2 Å². The van der Waals surface area contributed by atoms with Gasteiger partial charge in [-0.05, 0) is 72.9 Å². The van der Waals surface area contributed by atoms with Gasteiger partial charge in [0.05, 0.1) is 11.6 Å². The first kappa shape index (κ1) is 14.6. The number of pyridine rings is 1. The Bertz CT molecular complexity index is 1100. The molecule has 2 spiro atoms. The molecular weight excluding hydrogens is 362 g/mol. The van der Waals surface area contributed by atoms with Crippen molar-refractivity contribution in [3.63, 3.8) is 0 Å². The van der Waals surface area contributed by atoms with Gasteiger partial charge in [0.1, 0.15) is 12.1 Å². The fourth-order valence-corrected chi connectivity index (χ4v) is 5.61. The predicted octanol–water partition coefficient (Wildman–Crippen LogP) is 4.06. The van der Waals surface area contributed by atoms with E-state index in [4.69, 9.17) is 25.7 Å². The maximum absolute atomic E-state index is 8.94. The van der Waals surface area contributed by atoms with Gasteiger partial charge in [0.15, 0.2) is 0 Å². The highest BCUT2D eigenvalue weighted by Crippen LogP contribution is 2.62. The number of aromatic nitrogens is 1. The Morgan fingerprint density at radius 3 is 2.97 bits per heavy atom. The van der Waals surface area contributed by atoms with Crippen molar-refractivity contribution in [2.45, 2.75) is 51.2 Å². The van der Waals surface area contributed by atoms with Crippen molar-refractivity contribution in [3.05, 3.63) is 53.9 Å². The van der Waals surface area contributed by atoms with E-state index in [0.29, 0.717) is 25.7 Å². The zero-order valence-electron chi connectivity index (χ0n) is 20.8. The van der Waals surface area contributed by atoms with Gasteiger partial charge in [-0.15, -0.1) is 0 Å². The van der Waals surface area contributed by atoms with Gasteiger partial charge in [0, 0.05) is 24.4 Å². The molecule has 0 radical (unpaired) electrons. The number of hydrogen-bond donors (Lipinski definition) is 1. The van der Waals surface area contributed by atoms with Crippen molar-refractivity contribution < 1.29 is 15.0 Å². The molecule has 1 saturated carbocycles. The molecule has 5 nitrogen and oxygen atoms in total. The van der Waals surface area contributed by atoms with E-state index in [1.165, 1.54) is 6.92 Å². The Hall–Kier alpha value is -2.40. The minimum Gasteiger partial charge on any atom is -0.462 e. The van der Waals surface area contributed by atoms with Crippen LogP contribution in [0.4, 0.5) is 0 Å². The smallest absolute Gasteiger partial charge is 0.283 e. The monoisotopic (exact) mass is 395 g/mol. The number of hydrogen-bond acceptors (Lipinski definition) is 5. The summed E-state index contributed by atoms with van der Waals surface area (Å²) in [6.45, 7) is -0.354. The van der Waals surface area contributed by atoms with Crippen LogP contribution in [0.2, 0.25) is 0 Å². The first-order valence-corrected chi connectivity index (χ1v) is 10.2. The quantitative estimate of drug-likeness (QED) is 0.851. The minimum atomic E-state index is -2.11. The van der Waals surface area contributed by atoms with Crippen LogP contribution >= 0.6 is 0 Å². The summed E-state index contributed by atoms with van der Waals surface area (Å²) in [6.07, 6.45) is 5.81. The first-order chi connectivity index (χ1) is 15.5. The van der Waals surface area contributed by atoms with Gasteiger partial charge in [-0.3, -0.25) is 4.98 Å². The Morgan fingerprint density at radius 2 is 2.28 bits per heavy atom. The molecule has 0 amide bonds. The van der Waals surface area contributed by atoms with Crippen LogP contribution < -0.4 is 5.73 Å². The predicted molar refractivity (Wildman–Crippen MR) is 113 cm³/mol. The van der Waals surface area contributed by atoms with E-state index in [9.17, 15) is 0 Å². The summed E-state index contributed by atoms with van der Waals surface area (Å²) in [5.74, 6) is 0.0191. The van der Waals surface area contributed by atoms with E-state index in [0.717, 1.165) is 22.3 Å². The lowest BCUT2D eigenvalue weighted by atomic mass is 9.59. The molecule has 2 heterocycles. The Labute approximate surface area is 178 Å². The molecule has 5 rings (SSSR count). The summed E-state index contributed by atoms with van der Waals surface area (Å²) in [7, 11) is 0. The molecule has 152 valence electrons. The maximum Gasteiger partial charge on any atom is 0.283 e. The highest BCUT2D eigenvalue weighted by molar-refractivity contribution is 5.76. The molecule has 2 aliphatic carbocycles. The van der Waals surface area contributed by atoms with Crippen molar-refractivity contribution in [2.24, 2.45) is 22.1 Å². The molecular formula is C24H29N3O2. The first-order valence-electron chi connectivity index (χ1n) is 12.2. The van der Waals surface area contributed by atoms with Crippen LogP contribution in [0.1, 0.15) is 49.7 Å². The topological polar surface area (TPSA) is 69.7 Å². The average molecular weight is 396 g/mol. The number of nitrogens with zero attached hydrogens (tertiary/aromatic N) is 2. The number of nitrogens with two attached hydrogens (primary N) is 1. The standard InChI is InChI=1S/C24H29N3O2/c1-3-28-21-8-9-23(12-16(21)2)13-18-7-6-17(19-5-4-10-26-14-19)11-20(18)24(23)15-29-22(25)27-24/h4-7,10-11,14,16,21H,3,8-9,12-13,15H2,1-2H3,(H2,25,27)/t16-,21-,23-,24+/m1/s1/i3D2,15D2. The molecule has 1 aromatic heterocycles. The van der Waals surface area contributed by atoms with Gasteiger partial charge in [-0.25, -0.2) is 4.99 Å². The van der Waals surface area contributed by atoms with Gasteiger partial charge in [-0.1, -0.05) is 25.1 Å². The molecule has 0 unspecified atom stereocenters. The number of benzene rings is 1. The summed E-state index contributed by atoms with van der Waals surface area (Å²) in [4.78, 5) is 8.95. The number of aliphatic imine (C=N–C) groups is 1. The SMILES string of the molecule is [2H]C([2H])(C)O[C@@H]1CC[C@]2(Cc3ccc(-c4cccnc4)cc3[C@]23N=C(N)OC3([2H])[2H])C[C@H]1C. The second-order valence-corrected chi connectivity index (χ2v) is 8.52. The molecule has 0 saturated heterocycles. The molecule has 29 heavy (non-hydrogen) atoms. The van der Waals surface area contributed by atoms with Crippen molar-refractivity contribution in [3.8, 4) is 11.1 Å². The molecule has 1 aliphatic heterocycles. The average Bonchev–Trinajstić information content (AvgIpc) is 3.14. The third kappa shape index (κ3) is 2.78. The number of fused-ring (bicyclic) bond motifs is 3. The van der Waals surface area contributed by atoms with Crippen LogP contribution in [-0.4, -0.2) is 30.2 Å². The van der Waals surface area contributed by atoms with Gasteiger partial charge >= 0.3 is 0 Å². The largest absolute Gasteiger partial charge is 0.462 e. The van der Waals surface area contributed by atoms with E-state index < -0.39 is 24.1 Å². The lowest BCUT2D eigenvalue weighted by Gasteiger charge is -2.48. The van der Waals surface area contributed by atoms with Gasteiger partial charge < -0.3 is 15.2 Å². The summed E-state index contributed by atoms with van der Waals surface area (Å²) >= 11 is 0. The second kappa shape index (κ2) is 6.84. The van der Waals surface area contributed by atoms with E-state index in [-0.39, 0.29) is 18.0 Å². The molecule has 2 aromatic rings. The van der Waals surface area contributed by atoms with Crippen molar-refractivity contribution in [2.75, 3.05) is 13.1 Å². The second-order valence-electron chi connectivity index (χ2n) is 8.52. The molecule has 4 atom stereocenters. The summed E-state index contributed by atoms with van der Waals surface area (Å²) in [5.41, 5.74) is 7.94. The third-order valence-electron chi connectivity index (χ3n) is 6.90. The van der Waals surface area contributed by atoms with Crippen molar-refractivity contribution in [1.82, 2.24) is 4.98 Å². The zero-order chi connectivity index (χ0) is 23.6. The van der Waals surface area contributed by atoms with Crippen LogP contribution in [0.15, 0.2) is 47.7 Å². The van der Waals surface area contributed by atoms with E-state index in [1.54, 1.807) is 12.4 Å². The van der Waals surface area contributed by atoms with Crippen LogP contribution in [0.3, 0.4) is 0 Å². The van der Waals surface area contributed by atoms with Crippen LogP contribution in [0, 0.1) is 11.3 Å². The van der Waals surface area contributed by atoms with Crippen LogP contribution in [0.5, 0.6) is 0 Å². The lowest BCUT2D eigenvalue weighted by Crippen LogP contribution is -2.48. The Kier molecular flexibility index (Phi) is 3.43. The number of ether oxygens (including phenoxy) is 2. The number of amidine groups is 1. The van der Waals surface area contributed by atoms with Crippen molar-refractivity contribution >= 4 is 6.02 Å². The molecule has 5 heteroatoms. The fraction of sp³-hybridized carbons (Fsp3) is 0.500. The maximum atomic E-state index is 8.94. The molecule has 0 bridgehead atoms. The third-order valence-corrected chi connectivity index (χ3v) is 6.90. The van der Waals surface area contributed by atoms with Gasteiger partial charge in [-0.2, -0.15) is 0 Å². The van der Waals surface area contributed by atoms with Crippen LogP contribution in [0.25, 0.3) is 11.1 Å². The highest BCUT2D eigenvalue weighted by Gasteiger charge is 2.62. The molecule has 1 fully saturated rings. The van der Waals surface area contributed by atoms with Gasteiger partial charge in [0.2, 0.25) is 0 Å². The summed E-state index contributed by atoms with van der Waals surface area (Å²) in [5, 5.41) is 0. The Morgan fingerprint density at radius 1 is 1.38 bits per heavy atom. The van der Waals surface area contributed by atoms with Crippen molar-refractivity contribution in [1.29, 1.82) is 0 Å². The molecule has 1 aromatic carbocycles. The number of rotatable bonds is 3. The minimum absolute atomic E-state index is 0.0191. The van der Waals surface area contributed by atoms with E-state index >= 15 is 0 Å². The summed E-state index contributed by atoms with van der Waals surface area (Å²) in [6, 6.07) is 9.85. The Balaban J connectivity index is 1.62. The van der Waals surface area contributed by atoms with E-state index in [2.05, 4.69) is 11.1 Å². The van der Waals surface area contributed by atoms with Crippen LogP contribution in [-0.2, 0) is 21.4 Å². The fourth-order valence-electron chi connectivity index (χ4n) is 5.61. The zero-order valence-corrected chi connectivity index (χ0v) is 16.8. The molecule has 3 aliphatic rings.